The van der Waals surface area contributed by atoms with Crippen LogP contribution >= 0.6 is 11.6 Å². The quantitative estimate of drug-likeness (QED) is 0.641. The van der Waals surface area contributed by atoms with E-state index in [2.05, 4.69) is 10.4 Å². The Morgan fingerprint density at radius 1 is 1.10 bits per heavy atom. The Balaban J connectivity index is 1.74. The fourth-order valence-corrected chi connectivity index (χ4v) is 2.92. The third kappa shape index (κ3) is 5.23. The highest BCUT2D eigenvalue weighted by Gasteiger charge is 2.18. The zero-order chi connectivity index (χ0) is 20.8. The summed E-state index contributed by atoms with van der Waals surface area (Å²) in [6.07, 6.45) is 0. The third-order valence-corrected chi connectivity index (χ3v) is 4.66. The second kappa shape index (κ2) is 9.39. The van der Waals surface area contributed by atoms with Crippen molar-refractivity contribution >= 4 is 17.5 Å². The van der Waals surface area contributed by atoms with E-state index in [9.17, 15) is 9.59 Å². The predicted octanol–water partition coefficient (Wildman–Crippen LogP) is 3.84. The van der Waals surface area contributed by atoms with E-state index in [0.717, 1.165) is 16.9 Å². The molecule has 1 N–H and O–H groups in total. The van der Waals surface area contributed by atoms with Crippen molar-refractivity contribution in [2.75, 3.05) is 6.61 Å². The van der Waals surface area contributed by atoms with Crippen LogP contribution in [0.15, 0.2) is 65.5 Å². The Morgan fingerprint density at radius 3 is 2.45 bits per heavy atom. The number of benzene rings is 2. The van der Waals surface area contributed by atoms with Gasteiger partial charge in [0, 0.05) is 23.2 Å². The highest BCUT2D eigenvalue weighted by molar-refractivity contribution is 6.30. The lowest BCUT2D eigenvalue weighted by atomic mass is 10.1. The monoisotopic (exact) mass is 411 g/mol. The van der Waals surface area contributed by atoms with Crippen LogP contribution in [0.25, 0.3) is 11.3 Å². The number of halogens is 1. The van der Waals surface area contributed by atoms with Gasteiger partial charge in [-0.1, -0.05) is 23.7 Å². The molecule has 150 valence electrons. The molecule has 1 unspecified atom stereocenters. The minimum Gasteiger partial charge on any atom is -0.494 e. The van der Waals surface area contributed by atoms with Crippen molar-refractivity contribution in [3.8, 4) is 17.0 Å². The first-order chi connectivity index (χ1) is 14.0. The van der Waals surface area contributed by atoms with Crippen molar-refractivity contribution in [1.82, 2.24) is 15.1 Å². The minimum absolute atomic E-state index is 0.293. The van der Waals surface area contributed by atoms with Gasteiger partial charge in [-0.25, -0.2) is 4.68 Å². The first kappa shape index (κ1) is 20.6. The summed E-state index contributed by atoms with van der Waals surface area (Å²) in [5, 5.41) is 7.85. The number of rotatable bonds is 7. The van der Waals surface area contributed by atoms with E-state index < -0.39 is 6.04 Å². The standard InChI is InChI=1S/C22H22ClN3O3/c1-3-29-19-10-6-17(7-11-19)20-12-13-21(27)26(25-20)15(2)22(28)24-14-16-4-8-18(23)9-5-16/h4-13,15H,3,14H2,1-2H3,(H,24,28). The molecule has 3 rings (SSSR count). The van der Waals surface area contributed by atoms with Crippen molar-refractivity contribution in [1.29, 1.82) is 0 Å². The summed E-state index contributed by atoms with van der Waals surface area (Å²) in [5.41, 5.74) is 2.01. The Bertz CT molecular complexity index is 1030. The molecule has 29 heavy (non-hydrogen) atoms. The second-order valence-corrected chi connectivity index (χ2v) is 6.92. The van der Waals surface area contributed by atoms with Crippen LogP contribution in [0.5, 0.6) is 5.75 Å². The van der Waals surface area contributed by atoms with Crippen LogP contribution in [0.4, 0.5) is 0 Å². The normalized spacial score (nSPS) is 11.7. The number of hydrogen-bond donors (Lipinski definition) is 1. The number of nitrogens with one attached hydrogen (secondary N) is 1. The molecule has 0 bridgehead atoms. The Morgan fingerprint density at radius 2 is 1.79 bits per heavy atom. The van der Waals surface area contributed by atoms with Crippen LogP contribution in [0, 0.1) is 0 Å². The molecule has 0 aliphatic rings. The third-order valence-electron chi connectivity index (χ3n) is 4.41. The molecule has 0 saturated carbocycles. The Labute approximate surface area is 174 Å². The molecule has 2 aromatic carbocycles. The SMILES string of the molecule is CCOc1ccc(-c2ccc(=O)n(C(C)C(=O)NCc3ccc(Cl)cc3)n2)cc1. The van der Waals surface area contributed by atoms with Gasteiger partial charge in [0.15, 0.2) is 0 Å². The topological polar surface area (TPSA) is 73.2 Å². The van der Waals surface area contributed by atoms with Crippen molar-refractivity contribution < 1.29 is 9.53 Å². The lowest BCUT2D eigenvalue weighted by molar-refractivity contribution is -0.124. The van der Waals surface area contributed by atoms with E-state index in [1.165, 1.54) is 10.7 Å². The molecule has 1 atom stereocenters. The summed E-state index contributed by atoms with van der Waals surface area (Å²) in [5.74, 6) is 0.470. The molecule has 1 aromatic heterocycles. The highest BCUT2D eigenvalue weighted by atomic mass is 35.5. The molecule has 0 fully saturated rings. The van der Waals surface area contributed by atoms with E-state index >= 15 is 0 Å². The van der Waals surface area contributed by atoms with Gasteiger partial charge in [0.05, 0.1) is 12.3 Å². The van der Waals surface area contributed by atoms with Crippen molar-refractivity contribution in [3.05, 3.63) is 81.6 Å². The first-order valence-corrected chi connectivity index (χ1v) is 9.71. The molecule has 0 radical (unpaired) electrons. The average Bonchev–Trinajstić information content (AvgIpc) is 2.74. The van der Waals surface area contributed by atoms with Gasteiger partial charge >= 0.3 is 0 Å². The molecule has 3 aromatic rings. The van der Waals surface area contributed by atoms with E-state index in [1.807, 2.05) is 43.3 Å². The molecule has 7 heteroatoms. The maximum absolute atomic E-state index is 12.5. The molecular weight excluding hydrogens is 390 g/mol. The van der Waals surface area contributed by atoms with Crippen LogP contribution < -0.4 is 15.6 Å². The van der Waals surface area contributed by atoms with E-state index in [-0.39, 0.29) is 11.5 Å². The summed E-state index contributed by atoms with van der Waals surface area (Å²) in [4.78, 5) is 24.8. The fraction of sp³-hybridized carbons (Fsp3) is 0.227. The van der Waals surface area contributed by atoms with Crippen molar-refractivity contribution in [2.24, 2.45) is 0 Å². The summed E-state index contributed by atoms with van der Waals surface area (Å²) >= 11 is 5.87. The van der Waals surface area contributed by atoms with Gasteiger partial charge in [-0.15, -0.1) is 0 Å². The zero-order valence-corrected chi connectivity index (χ0v) is 17.0. The first-order valence-electron chi connectivity index (χ1n) is 9.33. The number of ether oxygens (including phenoxy) is 1. The smallest absolute Gasteiger partial charge is 0.267 e. The zero-order valence-electron chi connectivity index (χ0n) is 16.3. The van der Waals surface area contributed by atoms with Gasteiger partial charge in [0.2, 0.25) is 5.91 Å². The summed E-state index contributed by atoms with van der Waals surface area (Å²) in [6.45, 7) is 4.50. The number of nitrogens with zero attached hydrogens (tertiary/aromatic N) is 2. The summed E-state index contributed by atoms with van der Waals surface area (Å²) in [7, 11) is 0. The fourth-order valence-electron chi connectivity index (χ4n) is 2.80. The second-order valence-electron chi connectivity index (χ2n) is 6.48. The van der Waals surface area contributed by atoms with Crippen LogP contribution in [0.1, 0.15) is 25.5 Å². The largest absolute Gasteiger partial charge is 0.494 e. The van der Waals surface area contributed by atoms with Crippen LogP contribution in [-0.4, -0.2) is 22.3 Å². The van der Waals surface area contributed by atoms with Crippen LogP contribution in [0.3, 0.4) is 0 Å². The summed E-state index contributed by atoms with van der Waals surface area (Å²) in [6, 6.07) is 16.9. The maximum atomic E-state index is 12.5. The van der Waals surface area contributed by atoms with Gasteiger partial charge in [-0.2, -0.15) is 5.10 Å². The number of hydrogen-bond acceptors (Lipinski definition) is 4. The van der Waals surface area contributed by atoms with Crippen LogP contribution in [0.2, 0.25) is 5.02 Å². The lowest BCUT2D eigenvalue weighted by Gasteiger charge is -2.15. The van der Waals surface area contributed by atoms with Gasteiger partial charge < -0.3 is 10.1 Å². The van der Waals surface area contributed by atoms with Gasteiger partial charge in [0.1, 0.15) is 11.8 Å². The minimum atomic E-state index is -0.752. The van der Waals surface area contributed by atoms with Crippen LogP contribution in [-0.2, 0) is 11.3 Å². The Kier molecular flexibility index (Phi) is 6.67. The van der Waals surface area contributed by atoms with Crippen molar-refractivity contribution in [3.63, 3.8) is 0 Å². The van der Waals surface area contributed by atoms with E-state index in [4.69, 9.17) is 16.3 Å². The number of aromatic nitrogens is 2. The van der Waals surface area contributed by atoms with E-state index in [0.29, 0.717) is 23.9 Å². The van der Waals surface area contributed by atoms with Gasteiger partial charge in [0.25, 0.3) is 5.56 Å². The van der Waals surface area contributed by atoms with E-state index in [1.54, 1.807) is 25.1 Å². The molecule has 1 heterocycles. The molecule has 6 nitrogen and oxygen atoms in total. The molecule has 0 aliphatic heterocycles. The van der Waals surface area contributed by atoms with Crippen molar-refractivity contribution in [2.45, 2.75) is 26.4 Å². The lowest BCUT2D eigenvalue weighted by Crippen LogP contribution is -2.36. The highest BCUT2D eigenvalue weighted by Crippen LogP contribution is 2.20. The molecule has 0 aliphatic carbocycles. The molecule has 0 saturated heterocycles. The number of amides is 1. The average molecular weight is 412 g/mol. The molecular formula is C22H22ClN3O3. The summed E-state index contributed by atoms with van der Waals surface area (Å²) < 4.78 is 6.64. The number of carbonyl (C=O) groups is 1. The maximum Gasteiger partial charge on any atom is 0.267 e. The van der Waals surface area contributed by atoms with Gasteiger partial charge in [-0.05, 0) is 61.9 Å². The predicted molar refractivity (Wildman–Crippen MR) is 113 cm³/mol. The molecule has 0 spiro atoms. The molecule has 1 amide bonds. The van der Waals surface area contributed by atoms with Gasteiger partial charge in [-0.3, -0.25) is 9.59 Å². The Hall–Kier alpha value is -3.12. The number of carbonyl (C=O) groups excluding carboxylic acids is 1.